The van der Waals surface area contributed by atoms with Crippen LogP contribution in [0, 0.1) is 18.6 Å². The summed E-state index contributed by atoms with van der Waals surface area (Å²) < 4.78 is 53.9. The van der Waals surface area contributed by atoms with E-state index in [1.807, 2.05) is 13.8 Å². The Morgan fingerprint density at radius 2 is 1.67 bits per heavy atom. The number of benzene rings is 2. The van der Waals surface area contributed by atoms with E-state index in [1.165, 1.54) is 12.1 Å². The van der Waals surface area contributed by atoms with Gasteiger partial charge in [0.2, 0.25) is 0 Å². The largest absolute Gasteiger partial charge is 0.264 e. The van der Waals surface area contributed by atoms with Crippen molar-refractivity contribution in [3.63, 3.8) is 0 Å². The molecule has 0 amide bonds. The molecule has 2 aromatic carbocycles. The van der Waals surface area contributed by atoms with Gasteiger partial charge in [0.25, 0.3) is 10.0 Å². The van der Waals surface area contributed by atoms with E-state index < -0.39 is 21.7 Å². The number of hydrogen-bond donors (Lipinski definition) is 0. The molecule has 2 rings (SSSR count). The molecule has 0 saturated carbocycles. The second-order valence-corrected chi connectivity index (χ2v) is 7.20. The summed E-state index contributed by atoms with van der Waals surface area (Å²) in [4.78, 5) is 0.0860. The van der Waals surface area contributed by atoms with E-state index in [1.54, 1.807) is 12.1 Å². The molecule has 0 radical (unpaired) electrons. The summed E-state index contributed by atoms with van der Waals surface area (Å²) in [6.45, 7) is 3.90. The molecule has 0 unspecified atom stereocenters. The molecular formula is C17H19F2NO2STi. The van der Waals surface area contributed by atoms with Gasteiger partial charge in [-0.15, -0.1) is 0 Å². The predicted molar refractivity (Wildman–Crippen MR) is 87.0 cm³/mol. The first-order valence-corrected chi connectivity index (χ1v) is 8.84. The minimum Gasteiger partial charge on any atom is -0.263 e. The summed E-state index contributed by atoms with van der Waals surface area (Å²) in [6.07, 6.45) is 1.32. The van der Waals surface area contributed by atoms with Crippen LogP contribution in [0.1, 0.15) is 25.3 Å². The van der Waals surface area contributed by atoms with Crippen LogP contribution in [0.3, 0.4) is 0 Å². The standard InChI is InChI=1S/C17H19F2NO2S.Ti/c1-3-4-11-20(17-10-7-14(18)12-16(17)19)23(21,22)15-8-5-13(2)6-9-15;/h5-10,12H,3-4,11H2,1-2H3;. The quantitative estimate of drug-likeness (QED) is 0.695. The molecule has 7 heteroatoms. The fourth-order valence-electron chi connectivity index (χ4n) is 2.19. The maximum absolute atomic E-state index is 14.1. The molecule has 128 valence electrons. The molecule has 0 fully saturated rings. The van der Waals surface area contributed by atoms with E-state index in [9.17, 15) is 17.2 Å². The van der Waals surface area contributed by atoms with Gasteiger partial charge in [-0.05, 0) is 37.6 Å². The van der Waals surface area contributed by atoms with Crippen LogP contribution in [0.25, 0.3) is 0 Å². The van der Waals surface area contributed by atoms with Gasteiger partial charge in [-0.1, -0.05) is 31.0 Å². The van der Waals surface area contributed by atoms with Gasteiger partial charge < -0.3 is 0 Å². The van der Waals surface area contributed by atoms with Crippen molar-refractivity contribution in [3.05, 3.63) is 59.7 Å². The maximum atomic E-state index is 14.1. The van der Waals surface area contributed by atoms with Crippen LogP contribution in [-0.2, 0) is 31.7 Å². The van der Waals surface area contributed by atoms with E-state index >= 15 is 0 Å². The van der Waals surface area contributed by atoms with Crippen LogP contribution in [0.15, 0.2) is 47.4 Å². The van der Waals surface area contributed by atoms with Crippen LogP contribution >= 0.6 is 0 Å². The first-order valence-electron chi connectivity index (χ1n) is 7.40. The second kappa shape index (κ2) is 8.74. The van der Waals surface area contributed by atoms with Gasteiger partial charge in [-0.25, -0.2) is 17.2 Å². The molecule has 3 nitrogen and oxygen atoms in total. The van der Waals surface area contributed by atoms with E-state index in [0.29, 0.717) is 12.5 Å². The van der Waals surface area contributed by atoms with Crippen molar-refractivity contribution >= 4 is 15.7 Å². The topological polar surface area (TPSA) is 37.4 Å². The van der Waals surface area contributed by atoms with Gasteiger partial charge in [-0.2, -0.15) is 0 Å². The van der Waals surface area contributed by atoms with Crippen LogP contribution in [0.2, 0.25) is 0 Å². The summed E-state index contributed by atoms with van der Waals surface area (Å²) >= 11 is 0. The van der Waals surface area contributed by atoms with Crippen molar-refractivity contribution in [2.24, 2.45) is 0 Å². The zero-order valence-electron chi connectivity index (χ0n) is 13.6. The van der Waals surface area contributed by atoms with Gasteiger partial charge >= 0.3 is 0 Å². The molecule has 0 atom stereocenters. The summed E-state index contributed by atoms with van der Waals surface area (Å²) in [5.74, 6) is -1.63. The Kier molecular flexibility index (Phi) is 7.58. The summed E-state index contributed by atoms with van der Waals surface area (Å²) in [5, 5.41) is 0. The third kappa shape index (κ3) is 4.65. The number of anilines is 1. The third-order valence-corrected chi connectivity index (χ3v) is 5.33. The average Bonchev–Trinajstić information content (AvgIpc) is 2.49. The van der Waals surface area contributed by atoms with Crippen molar-refractivity contribution < 1.29 is 38.9 Å². The van der Waals surface area contributed by atoms with Crippen molar-refractivity contribution in [1.82, 2.24) is 0 Å². The van der Waals surface area contributed by atoms with Crippen molar-refractivity contribution in [1.29, 1.82) is 0 Å². The Labute approximate surface area is 156 Å². The minimum atomic E-state index is -3.91. The molecule has 0 aliphatic heterocycles. The number of rotatable bonds is 6. The Morgan fingerprint density at radius 1 is 1.04 bits per heavy atom. The molecular weight excluding hydrogens is 368 g/mol. The van der Waals surface area contributed by atoms with E-state index in [4.69, 9.17) is 0 Å². The molecule has 0 aliphatic rings. The second-order valence-electron chi connectivity index (χ2n) is 5.34. The Morgan fingerprint density at radius 3 is 2.21 bits per heavy atom. The first kappa shape index (κ1) is 20.8. The minimum absolute atomic E-state index is 0. The number of hydrogen-bond acceptors (Lipinski definition) is 2. The number of nitrogens with zero attached hydrogens (tertiary/aromatic N) is 1. The SMILES string of the molecule is CCCCN(c1ccc(F)cc1F)S(=O)(=O)c1ccc(C)cc1.[Ti]. The Hall–Kier alpha value is -1.24. The van der Waals surface area contributed by atoms with Gasteiger partial charge in [-0.3, -0.25) is 4.31 Å². The van der Waals surface area contributed by atoms with E-state index in [0.717, 1.165) is 28.4 Å². The van der Waals surface area contributed by atoms with Crippen LogP contribution in [0.4, 0.5) is 14.5 Å². The number of aryl methyl sites for hydroxylation is 1. The Balaban J connectivity index is 0.00000288. The zero-order chi connectivity index (χ0) is 17.0. The molecule has 0 saturated heterocycles. The summed E-state index contributed by atoms with van der Waals surface area (Å²) in [5.41, 5.74) is 0.789. The fraction of sp³-hybridized carbons (Fsp3) is 0.294. The molecule has 0 heterocycles. The van der Waals surface area contributed by atoms with Crippen LogP contribution in [0.5, 0.6) is 0 Å². The number of sulfonamides is 1. The van der Waals surface area contributed by atoms with Crippen molar-refractivity contribution in [3.8, 4) is 0 Å². The predicted octanol–water partition coefficient (Wildman–Crippen LogP) is 4.27. The summed E-state index contributed by atoms with van der Waals surface area (Å²) in [7, 11) is -3.91. The summed E-state index contributed by atoms with van der Waals surface area (Å²) in [6, 6.07) is 9.26. The molecule has 0 aliphatic carbocycles. The molecule has 24 heavy (non-hydrogen) atoms. The van der Waals surface area contributed by atoms with Crippen LogP contribution < -0.4 is 4.31 Å². The molecule has 0 bridgehead atoms. The first-order chi connectivity index (χ1) is 10.9. The normalized spacial score (nSPS) is 11.0. The van der Waals surface area contributed by atoms with Gasteiger partial charge in [0.1, 0.15) is 11.6 Å². The zero-order valence-corrected chi connectivity index (χ0v) is 16.0. The smallest absolute Gasteiger partial charge is 0.263 e. The molecule has 2 aromatic rings. The number of halogens is 2. The monoisotopic (exact) mass is 387 g/mol. The average molecular weight is 387 g/mol. The van der Waals surface area contributed by atoms with Crippen molar-refractivity contribution in [2.75, 3.05) is 10.8 Å². The van der Waals surface area contributed by atoms with Gasteiger partial charge in [0, 0.05) is 34.3 Å². The molecule has 0 aromatic heterocycles. The van der Waals surface area contributed by atoms with E-state index in [2.05, 4.69) is 0 Å². The number of unbranched alkanes of at least 4 members (excludes halogenated alkanes) is 1. The van der Waals surface area contributed by atoms with Crippen LogP contribution in [-0.4, -0.2) is 15.0 Å². The fourth-order valence-corrected chi connectivity index (χ4v) is 3.70. The van der Waals surface area contributed by atoms with Crippen molar-refractivity contribution in [2.45, 2.75) is 31.6 Å². The maximum Gasteiger partial charge on any atom is 0.264 e. The Bertz CT molecular complexity index is 780. The third-order valence-electron chi connectivity index (χ3n) is 3.50. The molecule has 0 spiro atoms. The van der Waals surface area contributed by atoms with Gasteiger partial charge in [0.15, 0.2) is 0 Å². The molecule has 0 N–H and O–H groups in total. The van der Waals surface area contributed by atoms with Gasteiger partial charge in [0.05, 0.1) is 10.6 Å². The van der Waals surface area contributed by atoms with E-state index in [-0.39, 0.29) is 38.8 Å².